The van der Waals surface area contributed by atoms with Crippen molar-refractivity contribution in [2.24, 2.45) is 5.92 Å². The first-order valence-electron chi connectivity index (χ1n) is 6.73. The van der Waals surface area contributed by atoms with Gasteiger partial charge in [-0.25, -0.2) is 0 Å². The molecule has 5 heteroatoms. The maximum absolute atomic E-state index is 13.2. The molecular weight excluding hydrogens is 269 g/mol. The van der Waals surface area contributed by atoms with E-state index >= 15 is 0 Å². The van der Waals surface area contributed by atoms with Crippen LogP contribution in [0.1, 0.15) is 36.8 Å². The fourth-order valence-electron chi connectivity index (χ4n) is 2.45. The standard InChI is InChI=1S/C15H15F3O2/c1-9-2-5-11(14(6-7-14)15(16,17)18)12(8-9)20-13(19)10-3-4-10/h2,5,8,10H,3-4,6-7H2,1H3. The zero-order valence-electron chi connectivity index (χ0n) is 11.1. The summed E-state index contributed by atoms with van der Waals surface area (Å²) >= 11 is 0. The number of rotatable bonds is 3. The topological polar surface area (TPSA) is 26.3 Å². The largest absolute Gasteiger partial charge is 0.426 e. The van der Waals surface area contributed by atoms with E-state index in [-0.39, 0.29) is 30.1 Å². The van der Waals surface area contributed by atoms with Crippen LogP contribution < -0.4 is 4.74 Å². The van der Waals surface area contributed by atoms with Gasteiger partial charge in [0.1, 0.15) is 5.75 Å². The lowest BCUT2D eigenvalue weighted by Gasteiger charge is -2.22. The van der Waals surface area contributed by atoms with E-state index in [0.29, 0.717) is 0 Å². The Morgan fingerprint density at radius 2 is 1.95 bits per heavy atom. The molecule has 1 aromatic rings. The minimum Gasteiger partial charge on any atom is -0.426 e. The molecule has 0 spiro atoms. The average molecular weight is 284 g/mol. The number of aryl methyl sites for hydroxylation is 1. The molecule has 2 nitrogen and oxygen atoms in total. The van der Waals surface area contributed by atoms with Crippen molar-refractivity contribution in [1.82, 2.24) is 0 Å². The highest BCUT2D eigenvalue weighted by Crippen LogP contribution is 2.61. The summed E-state index contributed by atoms with van der Waals surface area (Å²) in [5.41, 5.74) is -0.935. The van der Waals surface area contributed by atoms with E-state index in [1.807, 2.05) is 0 Å². The van der Waals surface area contributed by atoms with Crippen LogP contribution in [-0.4, -0.2) is 12.1 Å². The van der Waals surface area contributed by atoms with Crippen LogP contribution in [0.4, 0.5) is 13.2 Å². The Bertz CT molecular complexity index is 555. The van der Waals surface area contributed by atoms with Crippen molar-refractivity contribution < 1.29 is 22.7 Å². The van der Waals surface area contributed by atoms with Gasteiger partial charge in [-0.15, -0.1) is 0 Å². The molecule has 0 N–H and O–H groups in total. The lowest BCUT2D eigenvalue weighted by Crippen LogP contribution is -2.29. The first kappa shape index (κ1) is 13.5. The Morgan fingerprint density at radius 3 is 2.45 bits per heavy atom. The number of carbonyl (C=O) groups is 1. The molecule has 0 heterocycles. The third kappa shape index (κ3) is 2.19. The summed E-state index contributed by atoms with van der Waals surface area (Å²) in [4.78, 5) is 11.7. The monoisotopic (exact) mass is 284 g/mol. The highest BCUT2D eigenvalue weighted by Gasteiger charge is 2.65. The minimum absolute atomic E-state index is 0.0630. The van der Waals surface area contributed by atoms with E-state index in [9.17, 15) is 18.0 Å². The predicted octanol–water partition coefficient (Wildman–Crippen LogP) is 3.90. The van der Waals surface area contributed by atoms with Gasteiger partial charge in [-0.3, -0.25) is 4.79 Å². The molecule has 2 aliphatic rings. The second-order valence-corrected chi connectivity index (χ2v) is 5.77. The SMILES string of the molecule is Cc1ccc(C2(C(F)(F)F)CC2)c(OC(=O)C2CC2)c1. The molecule has 0 amide bonds. The molecule has 0 aromatic heterocycles. The number of esters is 1. The fraction of sp³-hybridized carbons (Fsp3) is 0.533. The van der Waals surface area contributed by atoms with E-state index < -0.39 is 17.6 Å². The van der Waals surface area contributed by atoms with E-state index in [0.717, 1.165) is 18.4 Å². The zero-order valence-corrected chi connectivity index (χ0v) is 11.1. The van der Waals surface area contributed by atoms with Crippen molar-refractivity contribution in [3.05, 3.63) is 29.3 Å². The summed E-state index contributed by atoms with van der Waals surface area (Å²) in [6, 6.07) is 4.61. The summed E-state index contributed by atoms with van der Waals surface area (Å²) in [7, 11) is 0. The van der Waals surface area contributed by atoms with Crippen LogP contribution in [0.3, 0.4) is 0 Å². The van der Waals surface area contributed by atoms with E-state index in [1.165, 1.54) is 12.1 Å². The zero-order chi connectivity index (χ0) is 14.5. The average Bonchev–Trinajstić information content (AvgIpc) is 3.21. The summed E-state index contributed by atoms with van der Waals surface area (Å²) in [5.74, 6) is -0.462. The number of benzene rings is 1. The third-order valence-electron chi connectivity index (χ3n) is 4.07. The maximum Gasteiger partial charge on any atom is 0.398 e. The quantitative estimate of drug-likeness (QED) is 0.621. The van der Waals surface area contributed by atoms with Crippen molar-refractivity contribution in [2.75, 3.05) is 0 Å². The minimum atomic E-state index is -4.30. The molecule has 2 aliphatic carbocycles. The van der Waals surface area contributed by atoms with Gasteiger partial charge in [-0.05, 0) is 44.2 Å². The van der Waals surface area contributed by atoms with Crippen LogP contribution in [0.25, 0.3) is 0 Å². The maximum atomic E-state index is 13.2. The molecule has 3 rings (SSSR count). The van der Waals surface area contributed by atoms with Gasteiger partial charge in [-0.2, -0.15) is 13.2 Å². The smallest absolute Gasteiger partial charge is 0.398 e. The van der Waals surface area contributed by atoms with Gasteiger partial charge < -0.3 is 4.74 Å². The first-order chi connectivity index (χ1) is 9.33. The van der Waals surface area contributed by atoms with Crippen LogP contribution in [0.2, 0.25) is 0 Å². The molecule has 108 valence electrons. The van der Waals surface area contributed by atoms with Gasteiger partial charge in [0, 0.05) is 5.56 Å². The highest BCUT2D eigenvalue weighted by molar-refractivity contribution is 5.78. The van der Waals surface area contributed by atoms with Crippen LogP contribution >= 0.6 is 0 Å². The second-order valence-electron chi connectivity index (χ2n) is 5.77. The van der Waals surface area contributed by atoms with Crippen molar-refractivity contribution >= 4 is 5.97 Å². The summed E-state index contributed by atoms with van der Waals surface area (Å²) < 4.78 is 44.9. The van der Waals surface area contributed by atoms with Crippen molar-refractivity contribution in [3.8, 4) is 5.75 Å². The molecule has 2 saturated carbocycles. The van der Waals surface area contributed by atoms with Crippen molar-refractivity contribution in [1.29, 1.82) is 0 Å². The molecule has 0 saturated heterocycles. The number of carbonyl (C=O) groups excluding carboxylic acids is 1. The van der Waals surface area contributed by atoms with Gasteiger partial charge in [0.2, 0.25) is 0 Å². The summed E-state index contributed by atoms with van der Waals surface area (Å²) in [6.45, 7) is 1.77. The van der Waals surface area contributed by atoms with E-state index in [4.69, 9.17) is 4.74 Å². The van der Waals surface area contributed by atoms with Gasteiger partial charge in [0.15, 0.2) is 0 Å². The Morgan fingerprint density at radius 1 is 1.30 bits per heavy atom. The highest BCUT2D eigenvalue weighted by atomic mass is 19.4. The van der Waals surface area contributed by atoms with Crippen LogP contribution in [0.15, 0.2) is 18.2 Å². The molecule has 2 fully saturated rings. The van der Waals surface area contributed by atoms with Crippen molar-refractivity contribution in [3.63, 3.8) is 0 Å². The number of halogens is 3. The molecule has 1 aromatic carbocycles. The third-order valence-corrected chi connectivity index (χ3v) is 4.07. The predicted molar refractivity (Wildman–Crippen MR) is 66.5 cm³/mol. The van der Waals surface area contributed by atoms with Crippen molar-refractivity contribution in [2.45, 2.75) is 44.2 Å². The van der Waals surface area contributed by atoms with Gasteiger partial charge >= 0.3 is 12.1 Å². The number of alkyl halides is 3. The van der Waals surface area contributed by atoms with Crippen LogP contribution in [-0.2, 0) is 10.2 Å². The Balaban J connectivity index is 1.96. The number of hydrogen-bond acceptors (Lipinski definition) is 2. The van der Waals surface area contributed by atoms with E-state index in [2.05, 4.69) is 0 Å². The number of ether oxygens (including phenoxy) is 1. The Hall–Kier alpha value is -1.52. The van der Waals surface area contributed by atoms with Gasteiger partial charge in [0.05, 0.1) is 11.3 Å². The second kappa shape index (κ2) is 4.24. The lowest BCUT2D eigenvalue weighted by atomic mass is 9.93. The molecule has 0 aliphatic heterocycles. The Labute approximate surface area is 114 Å². The molecule has 0 radical (unpaired) electrons. The molecular formula is C15H15F3O2. The van der Waals surface area contributed by atoms with Crippen LogP contribution in [0, 0.1) is 12.8 Å². The summed E-state index contributed by atoms with van der Waals surface area (Å²) in [6.07, 6.45) is -2.64. The lowest BCUT2D eigenvalue weighted by molar-refractivity contribution is -0.161. The number of hydrogen-bond donors (Lipinski definition) is 0. The molecule has 0 unspecified atom stereocenters. The molecule has 20 heavy (non-hydrogen) atoms. The summed E-state index contributed by atoms with van der Waals surface area (Å²) in [5, 5.41) is 0. The van der Waals surface area contributed by atoms with E-state index in [1.54, 1.807) is 13.0 Å². The fourth-order valence-corrected chi connectivity index (χ4v) is 2.45. The first-order valence-corrected chi connectivity index (χ1v) is 6.73. The molecule has 0 bridgehead atoms. The Kier molecular flexibility index (Phi) is 2.85. The molecule has 0 atom stereocenters. The normalized spacial score (nSPS) is 20.6. The van der Waals surface area contributed by atoms with Gasteiger partial charge in [-0.1, -0.05) is 12.1 Å². The van der Waals surface area contributed by atoms with Gasteiger partial charge in [0.25, 0.3) is 0 Å². The van der Waals surface area contributed by atoms with Crippen LogP contribution in [0.5, 0.6) is 5.75 Å².